The van der Waals surface area contributed by atoms with Crippen LogP contribution in [-0.2, 0) is 4.74 Å². The van der Waals surface area contributed by atoms with Crippen LogP contribution in [0.5, 0.6) is 0 Å². The van der Waals surface area contributed by atoms with Gasteiger partial charge in [0.1, 0.15) is 11.8 Å². The molecular formula is C19H37FN2O2. The Kier molecular flexibility index (Phi) is 7.51. The number of piperidine rings is 1. The maximum Gasteiger partial charge on any atom is 0.410 e. The first kappa shape index (κ1) is 21.2. The van der Waals surface area contributed by atoms with Crippen molar-refractivity contribution in [1.82, 2.24) is 9.80 Å². The van der Waals surface area contributed by atoms with E-state index in [-0.39, 0.29) is 24.1 Å². The lowest BCUT2D eigenvalue weighted by atomic mass is 9.91. The Morgan fingerprint density at radius 2 is 1.75 bits per heavy atom. The Hall–Kier alpha value is -0.840. The van der Waals surface area contributed by atoms with Crippen LogP contribution in [-0.4, -0.2) is 58.9 Å². The molecule has 1 amide bonds. The van der Waals surface area contributed by atoms with Crippen molar-refractivity contribution in [3.8, 4) is 0 Å². The first-order valence-corrected chi connectivity index (χ1v) is 9.35. The van der Waals surface area contributed by atoms with Crippen LogP contribution in [0.4, 0.5) is 9.18 Å². The molecule has 1 rings (SSSR count). The second-order valence-corrected chi connectivity index (χ2v) is 8.45. The standard InChI is InChI=1S/C19H37FN2O2/c1-9-21(12-13(2)16(5)20)17-10-14(3)22(15(4)11-17)18(23)24-19(6,7)8/h13-17H,9-12H2,1-8H3/t13?,14-,15?,16+,17?/m1/s1. The summed E-state index contributed by atoms with van der Waals surface area (Å²) in [5.41, 5.74) is -0.477. The van der Waals surface area contributed by atoms with Crippen molar-refractivity contribution >= 4 is 6.09 Å². The van der Waals surface area contributed by atoms with Crippen LogP contribution in [0.2, 0.25) is 0 Å². The number of hydrogen-bond acceptors (Lipinski definition) is 3. The van der Waals surface area contributed by atoms with Gasteiger partial charge >= 0.3 is 6.09 Å². The number of halogens is 1. The molecule has 0 spiro atoms. The van der Waals surface area contributed by atoms with E-state index >= 15 is 0 Å². The molecule has 1 fully saturated rings. The average molecular weight is 345 g/mol. The van der Waals surface area contributed by atoms with E-state index in [9.17, 15) is 9.18 Å². The van der Waals surface area contributed by atoms with Crippen LogP contribution >= 0.6 is 0 Å². The molecule has 142 valence electrons. The Bertz CT molecular complexity index is 397. The van der Waals surface area contributed by atoms with Gasteiger partial charge in [0.05, 0.1) is 0 Å². The summed E-state index contributed by atoms with van der Waals surface area (Å²) in [5, 5.41) is 0. The quantitative estimate of drug-likeness (QED) is 0.737. The van der Waals surface area contributed by atoms with Gasteiger partial charge in [0.2, 0.25) is 0 Å². The van der Waals surface area contributed by atoms with E-state index in [0.717, 1.165) is 25.9 Å². The largest absolute Gasteiger partial charge is 0.444 e. The summed E-state index contributed by atoms with van der Waals surface area (Å²) in [6.45, 7) is 17.3. The molecule has 1 aliphatic heterocycles. The van der Waals surface area contributed by atoms with Gasteiger partial charge in [-0.1, -0.05) is 13.8 Å². The average Bonchev–Trinajstić information content (AvgIpc) is 2.41. The molecule has 0 saturated carbocycles. The van der Waals surface area contributed by atoms with E-state index in [0.29, 0.717) is 6.04 Å². The molecule has 24 heavy (non-hydrogen) atoms. The normalized spacial score (nSPS) is 27.9. The van der Waals surface area contributed by atoms with Gasteiger partial charge in [-0.25, -0.2) is 9.18 Å². The zero-order valence-corrected chi connectivity index (χ0v) is 16.8. The van der Waals surface area contributed by atoms with Crippen molar-refractivity contribution in [3.05, 3.63) is 0 Å². The van der Waals surface area contributed by atoms with Crippen LogP contribution in [0.15, 0.2) is 0 Å². The third-order valence-corrected chi connectivity index (χ3v) is 5.01. The summed E-state index contributed by atoms with van der Waals surface area (Å²) in [6.07, 6.45) is 0.792. The lowest BCUT2D eigenvalue weighted by Crippen LogP contribution is -2.56. The second-order valence-electron chi connectivity index (χ2n) is 8.45. The fraction of sp³-hybridized carbons (Fsp3) is 0.947. The third-order valence-electron chi connectivity index (χ3n) is 5.01. The minimum Gasteiger partial charge on any atom is -0.444 e. The number of amides is 1. The summed E-state index contributed by atoms with van der Waals surface area (Å²) >= 11 is 0. The summed E-state index contributed by atoms with van der Waals surface area (Å²) in [5.74, 6) is 0.0273. The van der Waals surface area contributed by atoms with E-state index in [2.05, 4.69) is 25.7 Å². The molecule has 1 heterocycles. The molecule has 0 aromatic heterocycles. The predicted octanol–water partition coefficient (Wildman–Crippen LogP) is 4.48. The highest BCUT2D eigenvalue weighted by molar-refractivity contribution is 5.69. The monoisotopic (exact) mass is 344 g/mol. The fourth-order valence-electron chi connectivity index (χ4n) is 3.57. The Labute approximate surface area is 147 Å². The highest BCUT2D eigenvalue weighted by atomic mass is 19.1. The minimum atomic E-state index is -0.796. The van der Waals surface area contributed by atoms with E-state index in [1.165, 1.54) is 0 Å². The van der Waals surface area contributed by atoms with E-state index in [4.69, 9.17) is 4.74 Å². The Morgan fingerprint density at radius 1 is 1.25 bits per heavy atom. The Balaban J connectivity index is 2.74. The number of rotatable bonds is 5. The molecule has 0 aromatic carbocycles. The van der Waals surface area contributed by atoms with Crippen LogP contribution in [0.3, 0.4) is 0 Å². The molecule has 0 N–H and O–H groups in total. The molecule has 4 nitrogen and oxygen atoms in total. The molecule has 0 aromatic rings. The topological polar surface area (TPSA) is 32.8 Å². The summed E-state index contributed by atoms with van der Waals surface area (Å²) in [7, 11) is 0. The Morgan fingerprint density at radius 3 is 2.12 bits per heavy atom. The summed E-state index contributed by atoms with van der Waals surface area (Å²) < 4.78 is 19.1. The SMILES string of the molecule is CCN(CC(C)[C@H](C)F)C1CC(C)N(C(=O)OC(C)(C)C)[C@H](C)C1. The number of likely N-dealkylation sites (tertiary alicyclic amines) is 1. The van der Waals surface area contributed by atoms with E-state index in [1.54, 1.807) is 6.92 Å². The van der Waals surface area contributed by atoms with Gasteiger partial charge in [-0.3, -0.25) is 0 Å². The molecule has 0 aliphatic carbocycles. The van der Waals surface area contributed by atoms with Gasteiger partial charge in [-0.2, -0.15) is 0 Å². The predicted molar refractivity (Wildman–Crippen MR) is 97.0 cm³/mol. The summed E-state index contributed by atoms with van der Waals surface area (Å²) in [4.78, 5) is 16.7. The summed E-state index contributed by atoms with van der Waals surface area (Å²) in [6, 6.07) is 0.640. The smallest absolute Gasteiger partial charge is 0.410 e. The van der Waals surface area contributed by atoms with E-state index < -0.39 is 11.8 Å². The highest BCUT2D eigenvalue weighted by Gasteiger charge is 2.38. The molecular weight excluding hydrogens is 307 g/mol. The number of carbonyl (C=O) groups is 1. The molecule has 0 radical (unpaired) electrons. The van der Waals surface area contributed by atoms with E-state index in [1.807, 2.05) is 32.6 Å². The van der Waals surface area contributed by atoms with Gasteiger partial charge in [0.25, 0.3) is 0 Å². The first-order valence-electron chi connectivity index (χ1n) is 9.35. The first-order chi connectivity index (χ1) is 11.0. The van der Waals surface area contributed by atoms with Gasteiger partial charge in [-0.15, -0.1) is 0 Å². The molecule has 1 saturated heterocycles. The molecule has 1 aliphatic rings. The lowest BCUT2D eigenvalue weighted by molar-refractivity contribution is -0.0162. The molecule has 0 bridgehead atoms. The van der Waals surface area contributed by atoms with Gasteiger partial charge in [0, 0.05) is 24.7 Å². The number of nitrogens with zero attached hydrogens (tertiary/aromatic N) is 2. The number of ether oxygens (including phenoxy) is 1. The fourth-order valence-corrected chi connectivity index (χ4v) is 3.57. The van der Waals surface area contributed by atoms with Crippen LogP contribution in [0, 0.1) is 5.92 Å². The second kappa shape index (κ2) is 8.50. The lowest BCUT2D eigenvalue weighted by Gasteiger charge is -2.46. The zero-order chi connectivity index (χ0) is 18.7. The van der Waals surface area contributed by atoms with Crippen molar-refractivity contribution in [2.75, 3.05) is 13.1 Å². The maximum absolute atomic E-state index is 13.5. The molecule has 3 unspecified atom stereocenters. The third kappa shape index (κ3) is 5.91. The van der Waals surface area contributed by atoms with Crippen molar-refractivity contribution in [1.29, 1.82) is 0 Å². The molecule has 5 heteroatoms. The molecule has 5 atom stereocenters. The van der Waals surface area contributed by atoms with Crippen molar-refractivity contribution in [3.63, 3.8) is 0 Å². The van der Waals surface area contributed by atoms with Crippen molar-refractivity contribution in [2.45, 2.75) is 98.1 Å². The van der Waals surface area contributed by atoms with Crippen molar-refractivity contribution in [2.24, 2.45) is 5.92 Å². The van der Waals surface area contributed by atoms with Gasteiger partial charge < -0.3 is 14.5 Å². The number of hydrogen-bond donors (Lipinski definition) is 0. The maximum atomic E-state index is 13.5. The van der Waals surface area contributed by atoms with Crippen LogP contribution in [0.25, 0.3) is 0 Å². The van der Waals surface area contributed by atoms with Crippen molar-refractivity contribution < 1.29 is 13.9 Å². The van der Waals surface area contributed by atoms with Gasteiger partial charge in [-0.05, 0) is 66.8 Å². The minimum absolute atomic E-state index is 0.0273. The van der Waals surface area contributed by atoms with Crippen LogP contribution < -0.4 is 0 Å². The zero-order valence-electron chi connectivity index (χ0n) is 16.8. The number of alkyl halides is 1. The van der Waals surface area contributed by atoms with Gasteiger partial charge in [0.15, 0.2) is 0 Å². The highest BCUT2D eigenvalue weighted by Crippen LogP contribution is 2.29. The van der Waals surface area contributed by atoms with Crippen LogP contribution in [0.1, 0.15) is 68.2 Å². The number of carbonyl (C=O) groups excluding carboxylic acids is 1.